The molecule has 15 heavy (non-hydrogen) atoms. The second-order valence-electron chi connectivity index (χ2n) is 3.93. The monoisotopic (exact) mass is 234 g/mol. The van der Waals surface area contributed by atoms with E-state index in [9.17, 15) is 4.79 Å². The van der Waals surface area contributed by atoms with Crippen LogP contribution in [0.15, 0.2) is 0 Å². The number of halogens is 1. The minimum atomic E-state index is -0.732. The second kappa shape index (κ2) is 6.30. The molecule has 1 aliphatic rings. The molecule has 1 rings (SSSR count). The Morgan fingerprint density at radius 2 is 2.00 bits per heavy atom. The summed E-state index contributed by atoms with van der Waals surface area (Å²) in [6.45, 7) is 6.37. The number of rotatable bonds is 5. The zero-order valence-electron chi connectivity index (χ0n) is 9.15. The molecular formula is C10H19ClN2O2. The van der Waals surface area contributed by atoms with Gasteiger partial charge in [0.1, 0.15) is 6.04 Å². The summed E-state index contributed by atoms with van der Waals surface area (Å²) in [4.78, 5) is 15.1. The van der Waals surface area contributed by atoms with Crippen LogP contribution in [0.25, 0.3) is 0 Å². The topological polar surface area (TPSA) is 43.8 Å². The lowest BCUT2D eigenvalue weighted by Gasteiger charge is -2.36. The molecule has 0 aromatic carbocycles. The first-order valence-corrected chi connectivity index (χ1v) is 5.93. The standard InChI is InChI=1S/C10H19ClN2O2/c1-9(10(14)15)13-7-5-12(6-8-13)4-2-3-11/h9H,2-8H2,1H3,(H,14,15). The summed E-state index contributed by atoms with van der Waals surface area (Å²) in [5, 5.41) is 8.87. The fraction of sp³-hybridized carbons (Fsp3) is 0.900. The van der Waals surface area contributed by atoms with E-state index in [1.54, 1.807) is 6.92 Å². The minimum Gasteiger partial charge on any atom is -0.480 e. The molecular weight excluding hydrogens is 216 g/mol. The maximum absolute atomic E-state index is 10.8. The fourth-order valence-electron chi connectivity index (χ4n) is 1.81. The lowest BCUT2D eigenvalue weighted by atomic mass is 10.2. The van der Waals surface area contributed by atoms with E-state index in [0.29, 0.717) is 5.88 Å². The zero-order chi connectivity index (χ0) is 11.3. The van der Waals surface area contributed by atoms with Gasteiger partial charge in [-0.25, -0.2) is 0 Å². The first-order valence-electron chi connectivity index (χ1n) is 5.40. The fourth-order valence-corrected chi connectivity index (χ4v) is 1.93. The third-order valence-corrected chi connectivity index (χ3v) is 3.19. The van der Waals surface area contributed by atoms with Crippen LogP contribution in [0.5, 0.6) is 0 Å². The average molecular weight is 235 g/mol. The van der Waals surface area contributed by atoms with Gasteiger partial charge in [0.2, 0.25) is 0 Å². The van der Waals surface area contributed by atoms with E-state index in [1.807, 2.05) is 4.90 Å². The molecule has 1 atom stereocenters. The van der Waals surface area contributed by atoms with Crippen molar-refractivity contribution in [3.8, 4) is 0 Å². The molecule has 1 heterocycles. The molecule has 0 saturated carbocycles. The number of carbonyl (C=O) groups is 1. The molecule has 1 fully saturated rings. The first-order chi connectivity index (χ1) is 7.15. The molecule has 0 radical (unpaired) electrons. The van der Waals surface area contributed by atoms with Crippen molar-refractivity contribution in [3.05, 3.63) is 0 Å². The molecule has 5 heteroatoms. The number of hydrogen-bond donors (Lipinski definition) is 1. The van der Waals surface area contributed by atoms with Gasteiger partial charge >= 0.3 is 5.97 Å². The highest BCUT2D eigenvalue weighted by atomic mass is 35.5. The molecule has 0 aromatic heterocycles. The lowest BCUT2D eigenvalue weighted by molar-refractivity contribution is -0.143. The van der Waals surface area contributed by atoms with Gasteiger partial charge in [-0.3, -0.25) is 9.69 Å². The van der Waals surface area contributed by atoms with Crippen molar-refractivity contribution in [3.63, 3.8) is 0 Å². The van der Waals surface area contributed by atoms with Crippen molar-refractivity contribution in [1.29, 1.82) is 0 Å². The Balaban J connectivity index is 2.26. The van der Waals surface area contributed by atoms with Gasteiger partial charge in [0.25, 0.3) is 0 Å². The van der Waals surface area contributed by atoms with Crippen LogP contribution < -0.4 is 0 Å². The summed E-state index contributed by atoms with van der Waals surface area (Å²) in [5.74, 6) is -0.0321. The van der Waals surface area contributed by atoms with Gasteiger partial charge in [-0.2, -0.15) is 0 Å². The Morgan fingerprint density at radius 1 is 1.40 bits per heavy atom. The molecule has 88 valence electrons. The van der Waals surface area contributed by atoms with Crippen LogP contribution in [0.1, 0.15) is 13.3 Å². The largest absolute Gasteiger partial charge is 0.480 e. The number of carboxylic acids is 1. The van der Waals surface area contributed by atoms with Crippen LogP contribution in [0.4, 0.5) is 0 Å². The predicted octanol–water partition coefficient (Wildman–Crippen LogP) is 0.706. The third-order valence-electron chi connectivity index (χ3n) is 2.92. The second-order valence-corrected chi connectivity index (χ2v) is 4.31. The summed E-state index contributed by atoms with van der Waals surface area (Å²) in [6.07, 6.45) is 1.01. The van der Waals surface area contributed by atoms with Crippen molar-refractivity contribution in [2.75, 3.05) is 38.6 Å². The van der Waals surface area contributed by atoms with Crippen molar-refractivity contribution in [2.24, 2.45) is 0 Å². The third kappa shape index (κ3) is 3.97. The molecule has 0 spiro atoms. The Bertz CT molecular complexity index is 206. The summed E-state index contributed by atoms with van der Waals surface area (Å²) in [6, 6.07) is -0.361. The van der Waals surface area contributed by atoms with E-state index in [1.165, 1.54) is 0 Å². The molecule has 0 aliphatic carbocycles. The van der Waals surface area contributed by atoms with Gasteiger partial charge in [-0.1, -0.05) is 0 Å². The highest BCUT2D eigenvalue weighted by Crippen LogP contribution is 2.07. The molecule has 0 amide bonds. The Labute approximate surface area is 95.8 Å². The highest BCUT2D eigenvalue weighted by molar-refractivity contribution is 6.17. The highest BCUT2D eigenvalue weighted by Gasteiger charge is 2.24. The van der Waals surface area contributed by atoms with Gasteiger partial charge in [0.05, 0.1) is 0 Å². The molecule has 1 saturated heterocycles. The van der Waals surface area contributed by atoms with E-state index in [0.717, 1.165) is 39.1 Å². The summed E-state index contributed by atoms with van der Waals surface area (Å²) < 4.78 is 0. The number of aliphatic carboxylic acids is 1. The van der Waals surface area contributed by atoms with E-state index in [4.69, 9.17) is 16.7 Å². The quantitative estimate of drug-likeness (QED) is 0.712. The van der Waals surface area contributed by atoms with Gasteiger partial charge in [0.15, 0.2) is 0 Å². The van der Waals surface area contributed by atoms with E-state index >= 15 is 0 Å². The number of carboxylic acid groups (broad SMARTS) is 1. The number of hydrogen-bond acceptors (Lipinski definition) is 3. The Hall–Kier alpha value is -0.320. The normalized spacial score (nSPS) is 21.5. The Kier molecular flexibility index (Phi) is 5.36. The van der Waals surface area contributed by atoms with Crippen LogP contribution in [0, 0.1) is 0 Å². The number of nitrogens with zero attached hydrogens (tertiary/aromatic N) is 2. The number of piperazine rings is 1. The van der Waals surface area contributed by atoms with Gasteiger partial charge in [0, 0.05) is 32.1 Å². The molecule has 0 bridgehead atoms. The van der Waals surface area contributed by atoms with Crippen molar-refractivity contribution < 1.29 is 9.90 Å². The zero-order valence-corrected chi connectivity index (χ0v) is 9.91. The molecule has 4 nitrogen and oxygen atoms in total. The molecule has 1 unspecified atom stereocenters. The van der Waals surface area contributed by atoms with E-state index in [2.05, 4.69) is 4.90 Å². The van der Waals surface area contributed by atoms with Crippen LogP contribution in [-0.4, -0.2) is 65.5 Å². The first kappa shape index (κ1) is 12.7. The predicted molar refractivity (Wildman–Crippen MR) is 60.4 cm³/mol. The van der Waals surface area contributed by atoms with Crippen LogP contribution in [-0.2, 0) is 4.79 Å². The summed E-state index contributed by atoms with van der Waals surface area (Å²) in [7, 11) is 0. The summed E-state index contributed by atoms with van der Waals surface area (Å²) in [5.41, 5.74) is 0. The molecule has 1 aliphatic heterocycles. The van der Waals surface area contributed by atoms with Gasteiger partial charge in [-0.15, -0.1) is 11.6 Å². The van der Waals surface area contributed by atoms with E-state index < -0.39 is 5.97 Å². The number of alkyl halides is 1. The maximum atomic E-state index is 10.8. The summed E-state index contributed by atoms with van der Waals surface area (Å²) >= 11 is 5.63. The van der Waals surface area contributed by atoms with Gasteiger partial charge in [-0.05, 0) is 19.9 Å². The maximum Gasteiger partial charge on any atom is 0.320 e. The minimum absolute atomic E-state index is 0.361. The van der Waals surface area contributed by atoms with Crippen LogP contribution in [0.3, 0.4) is 0 Å². The molecule has 1 N–H and O–H groups in total. The van der Waals surface area contributed by atoms with Crippen molar-refractivity contribution in [2.45, 2.75) is 19.4 Å². The van der Waals surface area contributed by atoms with Gasteiger partial charge < -0.3 is 10.0 Å². The Morgan fingerprint density at radius 3 is 2.47 bits per heavy atom. The SMILES string of the molecule is CC(C(=O)O)N1CCN(CCCCl)CC1. The average Bonchev–Trinajstić information content (AvgIpc) is 2.26. The van der Waals surface area contributed by atoms with E-state index in [-0.39, 0.29) is 6.04 Å². The lowest BCUT2D eigenvalue weighted by Crippen LogP contribution is -2.51. The van der Waals surface area contributed by atoms with Crippen molar-refractivity contribution in [1.82, 2.24) is 9.80 Å². The van der Waals surface area contributed by atoms with Crippen LogP contribution in [0.2, 0.25) is 0 Å². The van der Waals surface area contributed by atoms with Crippen molar-refractivity contribution >= 4 is 17.6 Å². The molecule has 0 aromatic rings. The van der Waals surface area contributed by atoms with Crippen LogP contribution >= 0.6 is 11.6 Å². The smallest absolute Gasteiger partial charge is 0.320 e.